The van der Waals surface area contributed by atoms with Crippen LogP contribution in [0.1, 0.15) is 18.4 Å². The van der Waals surface area contributed by atoms with Crippen molar-refractivity contribution in [3.05, 3.63) is 18.4 Å². The van der Waals surface area contributed by atoms with Crippen LogP contribution in [0.15, 0.2) is 16.9 Å². The number of oxazole rings is 1. The highest BCUT2D eigenvalue weighted by atomic mass is 127. The molecule has 5 heteroatoms. The lowest BCUT2D eigenvalue weighted by Gasteiger charge is -2.11. The molecule has 1 aromatic rings. The van der Waals surface area contributed by atoms with Gasteiger partial charge in [0.15, 0.2) is 0 Å². The van der Waals surface area contributed by atoms with Gasteiger partial charge in [0, 0.05) is 29.4 Å². The van der Waals surface area contributed by atoms with Gasteiger partial charge in [-0.1, -0.05) is 0 Å². The molecule has 0 saturated carbocycles. The van der Waals surface area contributed by atoms with E-state index in [1.165, 1.54) is 0 Å². The highest BCUT2D eigenvalue weighted by molar-refractivity contribution is 14.1. The van der Waals surface area contributed by atoms with E-state index in [1.54, 1.807) is 12.5 Å². The number of aliphatic hydroxyl groups excluding tert-OH is 1. The summed E-state index contributed by atoms with van der Waals surface area (Å²) in [5.74, 6) is 0.695. The van der Waals surface area contributed by atoms with E-state index in [0.29, 0.717) is 18.9 Å². The van der Waals surface area contributed by atoms with Crippen molar-refractivity contribution in [3.8, 4) is 0 Å². The fourth-order valence-electron chi connectivity index (χ4n) is 1.39. The van der Waals surface area contributed by atoms with Gasteiger partial charge in [0.2, 0.25) is 5.89 Å². The summed E-state index contributed by atoms with van der Waals surface area (Å²) in [6, 6.07) is 0.135. The van der Waals surface area contributed by atoms with E-state index in [1.807, 2.05) is 3.11 Å². The topological polar surface area (TPSA) is 49.5 Å². The highest BCUT2D eigenvalue weighted by Gasteiger charge is 2.33. The Hall–Kier alpha value is -0.140. The predicted molar refractivity (Wildman–Crippen MR) is 50.6 cm³/mol. The maximum Gasteiger partial charge on any atom is 0.212 e. The van der Waals surface area contributed by atoms with E-state index in [2.05, 4.69) is 27.8 Å². The molecule has 0 bridgehead atoms. The number of rotatable bonds is 1. The molecule has 0 aliphatic carbocycles. The van der Waals surface area contributed by atoms with Crippen LogP contribution in [-0.4, -0.2) is 25.9 Å². The minimum absolute atomic E-state index is 0.135. The van der Waals surface area contributed by atoms with E-state index in [4.69, 9.17) is 4.42 Å². The normalized spacial score (nSPS) is 31.2. The summed E-state index contributed by atoms with van der Waals surface area (Å²) in [6.45, 7) is 0.688. The Morgan fingerprint density at radius 3 is 3.08 bits per heavy atom. The first-order valence-corrected chi connectivity index (χ1v) is 4.73. The third-order valence-electron chi connectivity index (χ3n) is 1.96. The lowest BCUT2D eigenvalue weighted by Crippen LogP contribution is -2.12. The third-order valence-corrected chi connectivity index (χ3v) is 3.02. The van der Waals surface area contributed by atoms with Gasteiger partial charge in [0.05, 0.1) is 18.3 Å². The molecule has 1 N–H and O–H groups in total. The molecule has 0 spiro atoms. The van der Waals surface area contributed by atoms with Crippen LogP contribution in [0.5, 0.6) is 0 Å². The van der Waals surface area contributed by atoms with E-state index in [9.17, 15) is 5.11 Å². The molecule has 1 aliphatic rings. The number of aromatic nitrogens is 1. The maximum absolute atomic E-state index is 9.35. The maximum atomic E-state index is 9.35. The molecule has 66 valence electrons. The van der Waals surface area contributed by atoms with Crippen molar-refractivity contribution in [1.29, 1.82) is 0 Å². The first-order valence-electron chi connectivity index (χ1n) is 3.77. The molecule has 0 aromatic carbocycles. The van der Waals surface area contributed by atoms with E-state index < -0.39 is 0 Å². The standard InChI is InChI=1S/C7H9IN2O2/c8-10-4-5(11)3-6(10)7-9-1-2-12-7/h1-2,5-6,11H,3-4H2/t5-,6+/m1/s1. The van der Waals surface area contributed by atoms with Crippen LogP contribution in [0.3, 0.4) is 0 Å². The van der Waals surface area contributed by atoms with Crippen molar-refractivity contribution < 1.29 is 9.52 Å². The second-order valence-corrected chi connectivity index (χ2v) is 4.10. The van der Waals surface area contributed by atoms with Crippen LogP contribution < -0.4 is 0 Å². The van der Waals surface area contributed by atoms with Crippen LogP contribution in [0.4, 0.5) is 0 Å². The number of hydrogen-bond acceptors (Lipinski definition) is 4. The Morgan fingerprint density at radius 2 is 2.58 bits per heavy atom. The monoisotopic (exact) mass is 280 g/mol. The van der Waals surface area contributed by atoms with Gasteiger partial charge in [-0.3, -0.25) is 0 Å². The summed E-state index contributed by atoms with van der Waals surface area (Å²) in [7, 11) is 0. The smallest absolute Gasteiger partial charge is 0.212 e. The van der Waals surface area contributed by atoms with Crippen LogP contribution in [0.2, 0.25) is 0 Å². The molecular formula is C7H9IN2O2. The summed E-state index contributed by atoms with van der Waals surface area (Å²) in [5.41, 5.74) is 0. The SMILES string of the molecule is O[C@@H]1C[C@@H](c2ncco2)N(I)C1. The molecular weight excluding hydrogens is 271 g/mol. The molecule has 2 rings (SSSR count). The molecule has 2 heterocycles. The van der Waals surface area contributed by atoms with Gasteiger partial charge in [-0.05, 0) is 6.42 Å². The zero-order valence-electron chi connectivity index (χ0n) is 6.35. The van der Waals surface area contributed by atoms with E-state index in [-0.39, 0.29) is 12.1 Å². The van der Waals surface area contributed by atoms with Crippen molar-refractivity contribution >= 4 is 22.9 Å². The van der Waals surface area contributed by atoms with Gasteiger partial charge in [-0.25, -0.2) is 8.10 Å². The van der Waals surface area contributed by atoms with Crippen LogP contribution in [0.25, 0.3) is 0 Å². The third kappa shape index (κ3) is 1.48. The van der Waals surface area contributed by atoms with Gasteiger partial charge < -0.3 is 9.52 Å². The number of aliphatic hydroxyl groups is 1. The Morgan fingerprint density at radius 1 is 1.75 bits per heavy atom. The molecule has 12 heavy (non-hydrogen) atoms. The van der Waals surface area contributed by atoms with Gasteiger partial charge in [0.1, 0.15) is 6.26 Å². The highest BCUT2D eigenvalue weighted by Crippen LogP contribution is 2.33. The van der Waals surface area contributed by atoms with Crippen LogP contribution in [-0.2, 0) is 0 Å². The Kier molecular flexibility index (Phi) is 2.33. The molecule has 1 aliphatic heterocycles. The zero-order valence-corrected chi connectivity index (χ0v) is 8.51. The lowest BCUT2D eigenvalue weighted by molar-refractivity contribution is 0.189. The molecule has 0 unspecified atom stereocenters. The number of halogens is 1. The van der Waals surface area contributed by atoms with E-state index in [0.717, 1.165) is 0 Å². The van der Waals surface area contributed by atoms with Crippen molar-refractivity contribution in [1.82, 2.24) is 8.10 Å². The summed E-state index contributed by atoms with van der Waals surface area (Å²) in [6.07, 6.45) is 3.65. The molecule has 0 amide bonds. The fraction of sp³-hybridized carbons (Fsp3) is 0.571. The molecule has 1 saturated heterocycles. The van der Waals surface area contributed by atoms with Crippen molar-refractivity contribution in [2.45, 2.75) is 18.6 Å². The minimum Gasteiger partial charge on any atom is -0.447 e. The lowest BCUT2D eigenvalue weighted by atomic mass is 10.2. The average Bonchev–Trinajstić information content (AvgIpc) is 2.58. The first kappa shape index (κ1) is 8.46. The van der Waals surface area contributed by atoms with Crippen LogP contribution in [0, 0.1) is 0 Å². The average molecular weight is 280 g/mol. The number of hydrogen-bond donors (Lipinski definition) is 1. The molecule has 1 fully saturated rings. The quantitative estimate of drug-likeness (QED) is 0.619. The minimum atomic E-state index is -0.251. The van der Waals surface area contributed by atoms with Crippen molar-refractivity contribution in [3.63, 3.8) is 0 Å². The molecule has 2 atom stereocenters. The molecule has 4 nitrogen and oxygen atoms in total. The van der Waals surface area contributed by atoms with Crippen molar-refractivity contribution in [2.75, 3.05) is 6.54 Å². The zero-order chi connectivity index (χ0) is 8.55. The van der Waals surface area contributed by atoms with Crippen molar-refractivity contribution in [2.24, 2.45) is 0 Å². The summed E-state index contributed by atoms with van der Waals surface area (Å²) >= 11 is 2.18. The van der Waals surface area contributed by atoms with Crippen LogP contribution >= 0.6 is 22.9 Å². The Bertz CT molecular complexity index is 252. The number of β-amino-alcohol motifs (C(OH)–C–C–N with tert-alkyl or cyclic N) is 1. The molecule has 0 radical (unpaired) electrons. The fourth-order valence-corrected chi connectivity index (χ4v) is 2.32. The van der Waals surface area contributed by atoms with Gasteiger partial charge in [0.25, 0.3) is 0 Å². The summed E-state index contributed by atoms with van der Waals surface area (Å²) < 4.78 is 7.19. The van der Waals surface area contributed by atoms with Gasteiger partial charge in [-0.2, -0.15) is 0 Å². The summed E-state index contributed by atoms with van der Waals surface area (Å²) in [4.78, 5) is 4.06. The second-order valence-electron chi connectivity index (χ2n) is 2.86. The summed E-state index contributed by atoms with van der Waals surface area (Å²) in [5, 5.41) is 9.35. The van der Waals surface area contributed by atoms with E-state index >= 15 is 0 Å². The van der Waals surface area contributed by atoms with Gasteiger partial charge in [-0.15, -0.1) is 0 Å². The first-order chi connectivity index (χ1) is 5.77. The largest absolute Gasteiger partial charge is 0.447 e. The Balaban J connectivity index is 2.15. The van der Waals surface area contributed by atoms with Gasteiger partial charge >= 0.3 is 0 Å². The second kappa shape index (κ2) is 3.31. The number of nitrogens with zero attached hydrogens (tertiary/aromatic N) is 2. The molecule has 1 aromatic heterocycles. The Labute approximate surface area is 84.1 Å². The predicted octanol–water partition coefficient (Wildman–Crippen LogP) is 1.13.